The van der Waals surface area contributed by atoms with Gasteiger partial charge in [-0.15, -0.1) is 0 Å². The first-order chi connectivity index (χ1) is 19.9. The quantitative estimate of drug-likeness (QED) is 0.438. The topological polar surface area (TPSA) is 75.0 Å². The molecule has 3 aromatic rings. The van der Waals surface area contributed by atoms with Crippen LogP contribution in [0.3, 0.4) is 0 Å². The van der Waals surface area contributed by atoms with Crippen LogP contribution in [-0.2, 0) is 11.3 Å². The fraction of sp³-hybridized carbons (Fsp3) is 0.529. The van der Waals surface area contributed by atoms with Crippen LogP contribution in [0.15, 0.2) is 36.4 Å². The molecule has 4 fully saturated rings. The van der Waals surface area contributed by atoms with Crippen molar-refractivity contribution < 1.29 is 19.4 Å². The van der Waals surface area contributed by atoms with Gasteiger partial charge < -0.3 is 19.3 Å². The van der Waals surface area contributed by atoms with E-state index in [1.54, 1.807) is 13.2 Å². The number of hydrogen-bond donors (Lipinski definition) is 1. The first-order valence-electron chi connectivity index (χ1n) is 15.5. The highest BCUT2D eigenvalue weighted by Gasteiger charge is 2.65. The van der Waals surface area contributed by atoms with Gasteiger partial charge in [0.15, 0.2) is 0 Å². The van der Waals surface area contributed by atoms with Crippen molar-refractivity contribution in [3.8, 4) is 17.0 Å². The highest BCUT2D eigenvalue weighted by molar-refractivity contribution is 6.00. The third-order valence-electron chi connectivity index (χ3n) is 11.3. The first-order valence-corrected chi connectivity index (χ1v) is 15.5. The van der Waals surface area contributed by atoms with Gasteiger partial charge in [0.05, 0.1) is 23.8 Å². The summed E-state index contributed by atoms with van der Waals surface area (Å²) >= 11 is 0. The minimum Gasteiger partial charge on any atom is -0.496 e. The molecular weight excluding hydrogens is 514 g/mol. The summed E-state index contributed by atoms with van der Waals surface area (Å²) in [6.45, 7) is 2.18. The second-order valence-corrected chi connectivity index (χ2v) is 13.3. The number of likely N-dealkylation sites (tertiary alicyclic amines) is 1. The highest BCUT2D eigenvalue weighted by Crippen LogP contribution is 2.67. The van der Waals surface area contributed by atoms with Crippen molar-refractivity contribution in [2.45, 2.75) is 81.8 Å². The normalized spacial score (nSPS) is 29.0. The molecule has 4 unspecified atom stereocenters. The number of benzene rings is 2. The number of fused-ring (bicyclic) bond motifs is 9. The summed E-state index contributed by atoms with van der Waals surface area (Å²) in [5.41, 5.74) is 5.55. The van der Waals surface area contributed by atoms with Crippen molar-refractivity contribution in [2.24, 2.45) is 5.41 Å². The van der Waals surface area contributed by atoms with Gasteiger partial charge in [0, 0.05) is 59.7 Å². The van der Waals surface area contributed by atoms with Crippen LogP contribution in [0, 0.1) is 5.41 Å². The molecule has 7 nitrogen and oxygen atoms in total. The molecule has 1 aromatic heterocycles. The summed E-state index contributed by atoms with van der Waals surface area (Å²) in [5.74, 6) is 0.731. The van der Waals surface area contributed by atoms with E-state index in [9.17, 15) is 14.7 Å². The second-order valence-electron chi connectivity index (χ2n) is 13.3. The van der Waals surface area contributed by atoms with Gasteiger partial charge in [-0.05, 0) is 68.8 Å². The molecule has 1 N–H and O–H groups in total. The number of aromatic carboxylic acids is 1. The molecule has 1 amide bonds. The van der Waals surface area contributed by atoms with E-state index in [-0.39, 0.29) is 11.8 Å². The molecule has 2 aliphatic carbocycles. The van der Waals surface area contributed by atoms with E-state index in [2.05, 4.69) is 33.5 Å². The Labute approximate surface area is 241 Å². The Balaban J connectivity index is 1.35. The number of ether oxygens (including phenoxy) is 1. The van der Waals surface area contributed by atoms with Crippen molar-refractivity contribution in [1.82, 2.24) is 14.4 Å². The number of likely N-dealkylation sites (N-methyl/N-ethyl adjacent to an activating group) is 1. The Bertz CT molecular complexity index is 1570. The summed E-state index contributed by atoms with van der Waals surface area (Å²) in [7, 11) is 3.95. The summed E-state index contributed by atoms with van der Waals surface area (Å²) < 4.78 is 8.35. The Morgan fingerprint density at radius 3 is 2.44 bits per heavy atom. The maximum atomic E-state index is 14.7. The molecular formula is C34H39N3O4. The van der Waals surface area contributed by atoms with Gasteiger partial charge >= 0.3 is 5.97 Å². The predicted octanol–water partition coefficient (Wildman–Crippen LogP) is 5.86. The van der Waals surface area contributed by atoms with Gasteiger partial charge in [0.2, 0.25) is 5.91 Å². The van der Waals surface area contributed by atoms with Crippen LogP contribution in [-0.4, -0.2) is 70.7 Å². The highest BCUT2D eigenvalue weighted by atomic mass is 16.5. The number of carbonyl (C=O) groups excluding carboxylic acids is 1. The fourth-order valence-electron chi connectivity index (χ4n) is 9.10. The van der Waals surface area contributed by atoms with Gasteiger partial charge in [-0.1, -0.05) is 37.5 Å². The average molecular weight is 554 g/mol. The number of piperazine rings is 1. The van der Waals surface area contributed by atoms with E-state index in [0.717, 1.165) is 73.0 Å². The zero-order valence-corrected chi connectivity index (χ0v) is 24.1. The molecule has 0 spiro atoms. The Morgan fingerprint density at radius 1 is 0.976 bits per heavy atom. The van der Waals surface area contributed by atoms with Crippen LogP contribution in [0.1, 0.15) is 84.7 Å². The van der Waals surface area contributed by atoms with Gasteiger partial charge in [-0.3, -0.25) is 9.69 Å². The fourth-order valence-corrected chi connectivity index (χ4v) is 9.10. The molecule has 0 radical (unpaired) electrons. The molecule has 4 heterocycles. The molecule has 4 atom stereocenters. The predicted molar refractivity (Wildman–Crippen MR) is 158 cm³/mol. The summed E-state index contributed by atoms with van der Waals surface area (Å²) in [5, 5.41) is 11.1. The van der Waals surface area contributed by atoms with Crippen LogP contribution in [0.5, 0.6) is 5.75 Å². The molecule has 2 saturated heterocycles. The SMILES string of the molecule is COc1cccc2c1C1CC1(C(=O)N1CC3CCC(C1)N3C)Cn1c-2c(C2CCCCC2)c2ccc(C(=O)O)cc21. The Hall–Kier alpha value is -3.32. The van der Waals surface area contributed by atoms with Crippen LogP contribution >= 0.6 is 0 Å². The monoisotopic (exact) mass is 553 g/mol. The zero-order chi connectivity index (χ0) is 28.0. The number of carboxylic acids is 1. The number of methoxy groups -OCH3 is 1. The minimum atomic E-state index is -0.916. The van der Waals surface area contributed by atoms with Gasteiger partial charge in [-0.25, -0.2) is 4.79 Å². The van der Waals surface area contributed by atoms with E-state index in [1.807, 2.05) is 18.2 Å². The maximum absolute atomic E-state index is 14.7. The van der Waals surface area contributed by atoms with Crippen molar-refractivity contribution in [1.29, 1.82) is 0 Å². The van der Waals surface area contributed by atoms with Gasteiger partial charge in [0.1, 0.15) is 5.75 Å². The molecule has 2 saturated carbocycles. The third-order valence-corrected chi connectivity index (χ3v) is 11.3. The van der Waals surface area contributed by atoms with Gasteiger partial charge in [-0.2, -0.15) is 0 Å². The lowest BCUT2D eigenvalue weighted by molar-refractivity contribution is -0.141. The minimum absolute atomic E-state index is 0.0928. The van der Waals surface area contributed by atoms with E-state index < -0.39 is 11.4 Å². The Morgan fingerprint density at radius 2 is 1.73 bits per heavy atom. The van der Waals surface area contributed by atoms with E-state index in [4.69, 9.17) is 4.74 Å². The van der Waals surface area contributed by atoms with Crippen molar-refractivity contribution >= 4 is 22.8 Å². The number of amides is 1. The van der Waals surface area contributed by atoms with E-state index in [1.165, 1.54) is 30.5 Å². The number of hydrogen-bond acceptors (Lipinski definition) is 4. The lowest BCUT2D eigenvalue weighted by Crippen LogP contribution is -2.55. The Kier molecular flexibility index (Phi) is 5.63. The number of nitrogens with zero attached hydrogens (tertiary/aromatic N) is 3. The summed E-state index contributed by atoms with van der Waals surface area (Å²) in [4.78, 5) is 31.5. The maximum Gasteiger partial charge on any atom is 0.335 e. The second kappa shape index (κ2) is 9.09. The number of rotatable bonds is 4. The molecule has 2 bridgehead atoms. The summed E-state index contributed by atoms with van der Waals surface area (Å²) in [6.07, 6.45) is 9.10. The van der Waals surface area contributed by atoms with Crippen LogP contribution < -0.4 is 4.74 Å². The standard InChI is InChI=1S/C34H39N3O4/c1-35-22-12-13-23(35)18-36(17-22)33(40)34-16-26(34)30-25(9-6-10-28(30)41-2)31-29(20-7-4-3-5-8-20)24-14-11-21(32(38)39)15-27(24)37(31)19-34/h6,9-11,14-15,20,22-23,26H,3-5,7-8,12-13,16-19H2,1-2H3,(H,38,39). The largest absolute Gasteiger partial charge is 0.496 e. The molecule has 41 heavy (non-hydrogen) atoms. The van der Waals surface area contributed by atoms with E-state index >= 15 is 0 Å². The van der Waals surface area contributed by atoms with Crippen molar-refractivity contribution in [2.75, 3.05) is 27.2 Å². The van der Waals surface area contributed by atoms with Crippen LogP contribution in [0.2, 0.25) is 0 Å². The summed E-state index contributed by atoms with van der Waals surface area (Å²) in [6, 6.07) is 12.8. The lowest BCUT2D eigenvalue weighted by Gasteiger charge is -2.40. The number of carbonyl (C=O) groups is 2. The smallest absolute Gasteiger partial charge is 0.335 e. The van der Waals surface area contributed by atoms with Crippen LogP contribution in [0.4, 0.5) is 0 Å². The third kappa shape index (κ3) is 3.60. The first kappa shape index (κ1) is 25.4. The molecule has 7 heteroatoms. The van der Waals surface area contributed by atoms with Gasteiger partial charge in [0.25, 0.3) is 0 Å². The lowest BCUT2D eigenvalue weighted by atomic mass is 9.81. The van der Waals surface area contributed by atoms with Crippen molar-refractivity contribution in [3.63, 3.8) is 0 Å². The zero-order valence-electron chi connectivity index (χ0n) is 24.1. The molecule has 214 valence electrons. The van der Waals surface area contributed by atoms with Crippen molar-refractivity contribution in [3.05, 3.63) is 53.1 Å². The molecule has 2 aromatic carbocycles. The molecule has 8 rings (SSSR count). The molecule has 5 aliphatic rings. The number of aromatic nitrogens is 1. The number of carboxylic acid groups (broad SMARTS) is 1. The molecule has 3 aliphatic heterocycles. The van der Waals surface area contributed by atoms with E-state index in [0.29, 0.717) is 30.1 Å². The average Bonchev–Trinajstić information content (AvgIpc) is 3.61. The van der Waals surface area contributed by atoms with Crippen LogP contribution in [0.25, 0.3) is 22.2 Å².